The molecule has 3 nitrogen and oxygen atoms in total. The number of allylic oxidation sites excluding steroid dienone is 1. The van der Waals surface area contributed by atoms with Crippen LogP contribution in [0.1, 0.15) is 51.9 Å². The number of rotatable bonds is 12. The Labute approximate surface area is 107 Å². The molecule has 17 heavy (non-hydrogen) atoms. The SMILES string of the molecule is CCCCCCC=CN(CCCN)CCCN. The van der Waals surface area contributed by atoms with Gasteiger partial charge in [0.2, 0.25) is 0 Å². The third kappa shape index (κ3) is 11.7. The largest absolute Gasteiger partial charge is 0.378 e. The molecule has 0 heterocycles. The first-order valence-electron chi connectivity index (χ1n) is 7.16. The highest BCUT2D eigenvalue weighted by molar-refractivity contribution is 4.82. The first-order chi connectivity index (χ1) is 8.35. The molecular weight excluding hydrogens is 210 g/mol. The van der Waals surface area contributed by atoms with Crippen LogP contribution in [-0.2, 0) is 0 Å². The third-order valence-corrected chi connectivity index (χ3v) is 2.84. The monoisotopic (exact) mass is 241 g/mol. The molecule has 4 N–H and O–H groups in total. The Bertz CT molecular complexity index is 161. The van der Waals surface area contributed by atoms with E-state index in [0.29, 0.717) is 0 Å². The molecule has 3 heteroatoms. The van der Waals surface area contributed by atoms with Crippen LogP contribution in [0.15, 0.2) is 12.3 Å². The Morgan fingerprint density at radius 2 is 1.53 bits per heavy atom. The van der Waals surface area contributed by atoms with Crippen molar-refractivity contribution in [3.8, 4) is 0 Å². The molecule has 0 aromatic rings. The number of nitrogens with zero attached hydrogens (tertiary/aromatic N) is 1. The number of unbranched alkanes of at least 4 members (excludes halogenated alkanes) is 4. The van der Waals surface area contributed by atoms with Gasteiger partial charge in [0.05, 0.1) is 0 Å². The molecule has 0 bridgehead atoms. The molecule has 0 aromatic heterocycles. The van der Waals surface area contributed by atoms with Crippen molar-refractivity contribution in [2.75, 3.05) is 26.2 Å². The molecule has 0 aromatic carbocycles. The summed E-state index contributed by atoms with van der Waals surface area (Å²) in [6.07, 6.45) is 13.2. The lowest BCUT2D eigenvalue weighted by atomic mass is 10.1. The minimum atomic E-state index is 0.767. The van der Waals surface area contributed by atoms with Gasteiger partial charge in [0.1, 0.15) is 0 Å². The van der Waals surface area contributed by atoms with Crippen LogP contribution >= 0.6 is 0 Å². The summed E-state index contributed by atoms with van der Waals surface area (Å²) < 4.78 is 0. The van der Waals surface area contributed by atoms with Crippen LogP contribution in [0.2, 0.25) is 0 Å². The Balaban J connectivity index is 3.66. The lowest BCUT2D eigenvalue weighted by Crippen LogP contribution is -2.23. The molecule has 0 saturated heterocycles. The van der Waals surface area contributed by atoms with Crippen LogP contribution < -0.4 is 11.5 Å². The fourth-order valence-electron chi connectivity index (χ4n) is 1.76. The predicted octanol–water partition coefficient (Wildman–Crippen LogP) is 2.47. The molecule has 102 valence electrons. The lowest BCUT2D eigenvalue weighted by Gasteiger charge is -2.19. The number of hydrogen-bond donors (Lipinski definition) is 2. The summed E-state index contributed by atoms with van der Waals surface area (Å²) in [5, 5.41) is 0. The zero-order valence-electron chi connectivity index (χ0n) is 11.5. The number of nitrogens with two attached hydrogens (primary N) is 2. The van der Waals surface area contributed by atoms with E-state index in [1.165, 1.54) is 32.1 Å². The average Bonchev–Trinajstić information content (AvgIpc) is 2.35. The van der Waals surface area contributed by atoms with Crippen molar-refractivity contribution in [1.82, 2.24) is 4.90 Å². The third-order valence-electron chi connectivity index (χ3n) is 2.84. The second kappa shape index (κ2) is 13.5. The van der Waals surface area contributed by atoms with Gasteiger partial charge in [0.25, 0.3) is 0 Å². The maximum absolute atomic E-state index is 5.54. The van der Waals surface area contributed by atoms with Crippen molar-refractivity contribution in [3.05, 3.63) is 12.3 Å². The minimum Gasteiger partial charge on any atom is -0.378 e. The van der Waals surface area contributed by atoms with Gasteiger partial charge in [-0.05, 0) is 45.0 Å². The van der Waals surface area contributed by atoms with Crippen LogP contribution in [0.3, 0.4) is 0 Å². The van der Waals surface area contributed by atoms with Crippen molar-refractivity contribution < 1.29 is 0 Å². The van der Waals surface area contributed by atoms with E-state index in [2.05, 4.69) is 24.1 Å². The van der Waals surface area contributed by atoms with E-state index in [1.807, 2.05) is 0 Å². The van der Waals surface area contributed by atoms with Gasteiger partial charge in [0, 0.05) is 13.1 Å². The van der Waals surface area contributed by atoms with Crippen molar-refractivity contribution in [2.24, 2.45) is 11.5 Å². The van der Waals surface area contributed by atoms with Gasteiger partial charge in [-0.3, -0.25) is 0 Å². The quantitative estimate of drug-likeness (QED) is 0.516. The fraction of sp³-hybridized carbons (Fsp3) is 0.857. The number of hydrogen-bond acceptors (Lipinski definition) is 3. The molecule has 0 aliphatic carbocycles. The topological polar surface area (TPSA) is 55.3 Å². The summed E-state index contributed by atoms with van der Waals surface area (Å²) in [5.74, 6) is 0. The zero-order valence-corrected chi connectivity index (χ0v) is 11.5. The van der Waals surface area contributed by atoms with Gasteiger partial charge in [-0.15, -0.1) is 0 Å². The first-order valence-corrected chi connectivity index (χ1v) is 7.16. The summed E-state index contributed by atoms with van der Waals surface area (Å²) in [6.45, 7) is 5.90. The highest BCUT2D eigenvalue weighted by Gasteiger charge is 1.97. The Kier molecular flexibility index (Phi) is 13.1. The smallest absolute Gasteiger partial charge is 0.0184 e. The maximum atomic E-state index is 5.54. The predicted molar refractivity (Wildman–Crippen MR) is 76.8 cm³/mol. The van der Waals surface area contributed by atoms with Crippen LogP contribution in [0.5, 0.6) is 0 Å². The van der Waals surface area contributed by atoms with E-state index in [-0.39, 0.29) is 0 Å². The van der Waals surface area contributed by atoms with Crippen LogP contribution in [0.4, 0.5) is 0 Å². The minimum absolute atomic E-state index is 0.767. The molecule has 0 aliphatic rings. The molecule has 0 fully saturated rings. The molecular formula is C14H31N3. The van der Waals surface area contributed by atoms with Crippen LogP contribution in [0, 0.1) is 0 Å². The molecule has 0 unspecified atom stereocenters. The van der Waals surface area contributed by atoms with Crippen LogP contribution in [-0.4, -0.2) is 31.1 Å². The normalized spacial score (nSPS) is 11.2. The van der Waals surface area contributed by atoms with Crippen molar-refractivity contribution in [2.45, 2.75) is 51.9 Å². The second-order valence-corrected chi connectivity index (χ2v) is 4.55. The Hall–Kier alpha value is -0.540. The van der Waals surface area contributed by atoms with Crippen molar-refractivity contribution in [3.63, 3.8) is 0 Å². The highest BCUT2D eigenvalue weighted by atomic mass is 15.1. The zero-order chi connectivity index (χ0) is 12.8. The van der Waals surface area contributed by atoms with Gasteiger partial charge >= 0.3 is 0 Å². The Morgan fingerprint density at radius 1 is 0.882 bits per heavy atom. The summed E-state index contributed by atoms with van der Waals surface area (Å²) in [7, 11) is 0. The molecule has 0 radical (unpaired) electrons. The first kappa shape index (κ1) is 16.5. The molecule has 0 saturated carbocycles. The molecule has 0 rings (SSSR count). The van der Waals surface area contributed by atoms with E-state index in [0.717, 1.165) is 39.0 Å². The maximum Gasteiger partial charge on any atom is 0.0184 e. The summed E-state index contributed by atoms with van der Waals surface area (Å²) >= 11 is 0. The Morgan fingerprint density at radius 3 is 2.06 bits per heavy atom. The lowest BCUT2D eigenvalue weighted by molar-refractivity contribution is 0.366. The van der Waals surface area contributed by atoms with Gasteiger partial charge < -0.3 is 16.4 Å². The van der Waals surface area contributed by atoms with E-state index >= 15 is 0 Å². The van der Waals surface area contributed by atoms with Gasteiger partial charge in [0.15, 0.2) is 0 Å². The summed E-state index contributed by atoms with van der Waals surface area (Å²) in [5.41, 5.74) is 11.1. The van der Waals surface area contributed by atoms with Crippen molar-refractivity contribution in [1.29, 1.82) is 0 Å². The standard InChI is InChI=1S/C14H31N3/c1-2-3-4-5-6-7-12-17(13-8-10-15)14-9-11-16/h7,12H,2-6,8-11,13-16H2,1H3. The van der Waals surface area contributed by atoms with E-state index in [4.69, 9.17) is 11.5 Å². The second-order valence-electron chi connectivity index (χ2n) is 4.55. The average molecular weight is 241 g/mol. The van der Waals surface area contributed by atoms with Crippen molar-refractivity contribution >= 4 is 0 Å². The molecule has 0 spiro atoms. The highest BCUT2D eigenvalue weighted by Crippen LogP contribution is 2.04. The fourth-order valence-corrected chi connectivity index (χ4v) is 1.76. The van der Waals surface area contributed by atoms with E-state index in [1.54, 1.807) is 0 Å². The van der Waals surface area contributed by atoms with Gasteiger partial charge in [-0.2, -0.15) is 0 Å². The molecule has 0 aliphatic heterocycles. The van der Waals surface area contributed by atoms with E-state index < -0.39 is 0 Å². The summed E-state index contributed by atoms with van der Waals surface area (Å²) in [6, 6.07) is 0. The molecule has 0 atom stereocenters. The summed E-state index contributed by atoms with van der Waals surface area (Å²) in [4.78, 5) is 2.35. The molecule has 0 amide bonds. The van der Waals surface area contributed by atoms with Gasteiger partial charge in [-0.25, -0.2) is 0 Å². The van der Waals surface area contributed by atoms with Gasteiger partial charge in [-0.1, -0.05) is 32.3 Å². The van der Waals surface area contributed by atoms with Crippen LogP contribution in [0.25, 0.3) is 0 Å². The van der Waals surface area contributed by atoms with E-state index in [9.17, 15) is 0 Å².